The molecule has 0 saturated carbocycles. The van der Waals surface area contributed by atoms with Crippen molar-refractivity contribution in [3.8, 4) is 0 Å². The minimum Gasteiger partial charge on any atom is -0.384 e. The van der Waals surface area contributed by atoms with E-state index in [0.717, 1.165) is 32.3 Å². The summed E-state index contributed by atoms with van der Waals surface area (Å²) in [6, 6.07) is 9.69. The molecule has 1 N–H and O–H groups in total. The molecule has 2 aromatic carbocycles. The van der Waals surface area contributed by atoms with Crippen molar-refractivity contribution >= 4 is 27.5 Å². The van der Waals surface area contributed by atoms with Gasteiger partial charge in [-0.15, -0.1) is 0 Å². The molecule has 1 unspecified atom stereocenters. The number of benzene rings is 2. The quantitative estimate of drug-likeness (QED) is 0.806. The predicted octanol–water partition coefficient (Wildman–Crippen LogP) is 5.11. The van der Waals surface area contributed by atoms with Gasteiger partial charge in [0.1, 0.15) is 6.10 Å². The Kier molecular flexibility index (Phi) is 4.34. The van der Waals surface area contributed by atoms with Crippen LogP contribution in [0.25, 0.3) is 0 Å². The molecule has 0 radical (unpaired) electrons. The molecule has 0 heterocycles. The lowest BCUT2D eigenvalue weighted by molar-refractivity contribution is 0.220. The third kappa shape index (κ3) is 3.02. The maximum Gasteiger partial charge on any atom is 0.106 e. The molecule has 3 heteroatoms. The Balaban J connectivity index is 2.46. The smallest absolute Gasteiger partial charge is 0.106 e. The zero-order valence-electron chi connectivity index (χ0n) is 11.2. The van der Waals surface area contributed by atoms with Gasteiger partial charge < -0.3 is 5.11 Å². The SMILES string of the molecule is Cc1cc(Cl)c(C(O)c2ccc(Br)c(C)c2)cc1C. The normalized spacial score (nSPS) is 12.5. The monoisotopic (exact) mass is 338 g/mol. The van der Waals surface area contributed by atoms with E-state index < -0.39 is 6.10 Å². The van der Waals surface area contributed by atoms with Crippen molar-refractivity contribution in [2.45, 2.75) is 26.9 Å². The number of hydrogen-bond donors (Lipinski definition) is 1. The molecular formula is C16H16BrClO. The number of halogens is 2. The molecule has 2 rings (SSSR count). The third-order valence-corrected chi connectivity index (χ3v) is 4.62. The van der Waals surface area contributed by atoms with Gasteiger partial charge in [0.2, 0.25) is 0 Å². The first-order valence-corrected chi connectivity index (χ1v) is 7.28. The second-order valence-corrected chi connectivity index (χ2v) is 6.13. The van der Waals surface area contributed by atoms with Crippen LogP contribution in [0.4, 0.5) is 0 Å². The number of aliphatic hydroxyl groups excluding tert-OH is 1. The van der Waals surface area contributed by atoms with Crippen LogP contribution in [-0.4, -0.2) is 5.11 Å². The summed E-state index contributed by atoms with van der Waals surface area (Å²) in [5, 5.41) is 11.1. The van der Waals surface area contributed by atoms with Gasteiger partial charge in [0.25, 0.3) is 0 Å². The van der Waals surface area contributed by atoms with E-state index in [-0.39, 0.29) is 0 Å². The van der Waals surface area contributed by atoms with Gasteiger partial charge in [0.05, 0.1) is 0 Å². The molecule has 2 aromatic rings. The van der Waals surface area contributed by atoms with Crippen LogP contribution in [-0.2, 0) is 0 Å². The minimum atomic E-state index is -0.696. The lowest BCUT2D eigenvalue weighted by Crippen LogP contribution is -2.02. The second kappa shape index (κ2) is 5.66. The van der Waals surface area contributed by atoms with Gasteiger partial charge in [-0.3, -0.25) is 0 Å². The van der Waals surface area contributed by atoms with Crippen molar-refractivity contribution in [1.82, 2.24) is 0 Å². The molecule has 0 aliphatic carbocycles. The van der Waals surface area contributed by atoms with Crippen LogP contribution in [0.2, 0.25) is 5.02 Å². The first-order chi connectivity index (χ1) is 8.90. The van der Waals surface area contributed by atoms with Crippen molar-refractivity contribution in [2.24, 2.45) is 0 Å². The van der Waals surface area contributed by atoms with Crippen LogP contribution in [0.1, 0.15) is 33.9 Å². The molecular weight excluding hydrogens is 324 g/mol. The lowest BCUT2D eigenvalue weighted by Gasteiger charge is -2.16. The highest BCUT2D eigenvalue weighted by Gasteiger charge is 2.15. The molecule has 0 aromatic heterocycles. The Morgan fingerprint density at radius 2 is 1.63 bits per heavy atom. The fourth-order valence-electron chi connectivity index (χ4n) is 2.03. The van der Waals surface area contributed by atoms with E-state index in [1.54, 1.807) is 0 Å². The molecule has 0 aliphatic rings. The Hall–Kier alpha value is -0.830. The molecule has 0 fully saturated rings. The van der Waals surface area contributed by atoms with Gasteiger partial charge in [0.15, 0.2) is 0 Å². The highest BCUT2D eigenvalue weighted by molar-refractivity contribution is 9.10. The molecule has 0 spiro atoms. The highest BCUT2D eigenvalue weighted by Crippen LogP contribution is 2.32. The van der Waals surface area contributed by atoms with Crippen molar-refractivity contribution in [3.63, 3.8) is 0 Å². The first-order valence-electron chi connectivity index (χ1n) is 6.11. The molecule has 0 saturated heterocycles. The van der Waals surface area contributed by atoms with E-state index in [1.807, 2.05) is 51.1 Å². The van der Waals surface area contributed by atoms with Crippen LogP contribution < -0.4 is 0 Å². The summed E-state index contributed by atoms with van der Waals surface area (Å²) in [6.07, 6.45) is -0.696. The van der Waals surface area contributed by atoms with E-state index in [1.165, 1.54) is 0 Å². The van der Waals surface area contributed by atoms with E-state index in [4.69, 9.17) is 11.6 Å². The van der Waals surface area contributed by atoms with Crippen LogP contribution in [0.5, 0.6) is 0 Å². The van der Waals surface area contributed by atoms with Crippen LogP contribution in [0.15, 0.2) is 34.8 Å². The molecule has 1 atom stereocenters. The maximum atomic E-state index is 10.5. The van der Waals surface area contributed by atoms with Gasteiger partial charge >= 0.3 is 0 Å². The van der Waals surface area contributed by atoms with Crippen molar-refractivity contribution in [2.75, 3.05) is 0 Å². The standard InChI is InChI=1S/C16H16BrClO/c1-9-7-13(15(18)8-10(9)2)16(19)12-4-5-14(17)11(3)6-12/h4-8,16,19H,1-3H3. The fourth-order valence-corrected chi connectivity index (χ4v) is 2.60. The molecule has 100 valence electrons. The Bertz CT molecular complexity index is 622. The van der Waals surface area contributed by atoms with E-state index in [0.29, 0.717) is 5.02 Å². The van der Waals surface area contributed by atoms with Crippen LogP contribution >= 0.6 is 27.5 Å². The van der Waals surface area contributed by atoms with Crippen LogP contribution in [0, 0.1) is 20.8 Å². The van der Waals surface area contributed by atoms with Gasteiger partial charge in [-0.05, 0) is 55.2 Å². The Morgan fingerprint density at radius 1 is 1.00 bits per heavy atom. The number of rotatable bonds is 2. The second-order valence-electron chi connectivity index (χ2n) is 4.87. The van der Waals surface area contributed by atoms with Gasteiger partial charge in [-0.2, -0.15) is 0 Å². The third-order valence-electron chi connectivity index (χ3n) is 3.41. The number of hydrogen-bond acceptors (Lipinski definition) is 1. The van der Waals surface area contributed by atoms with Gasteiger partial charge in [0, 0.05) is 15.1 Å². The Labute approximate surface area is 127 Å². The fraction of sp³-hybridized carbons (Fsp3) is 0.250. The largest absolute Gasteiger partial charge is 0.384 e. The van der Waals surface area contributed by atoms with Crippen molar-refractivity contribution in [1.29, 1.82) is 0 Å². The average molecular weight is 340 g/mol. The summed E-state index contributed by atoms with van der Waals surface area (Å²) in [4.78, 5) is 0. The summed E-state index contributed by atoms with van der Waals surface area (Å²) < 4.78 is 1.04. The van der Waals surface area contributed by atoms with Crippen LogP contribution in [0.3, 0.4) is 0 Å². The Morgan fingerprint density at radius 3 is 2.26 bits per heavy atom. The average Bonchev–Trinajstić information content (AvgIpc) is 2.36. The number of aryl methyl sites for hydroxylation is 3. The summed E-state index contributed by atoms with van der Waals surface area (Å²) in [5.74, 6) is 0. The van der Waals surface area contributed by atoms with Gasteiger partial charge in [-0.25, -0.2) is 0 Å². The molecule has 19 heavy (non-hydrogen) atoms. The number of aliphatic hydroxyl groups is 1. The van der Waals surface area contributed by atoms with Crippen molar-refractivity contribution in [3.05, 3.63) is 67.6 Å². The highest BCUT2D eigenvalue weighted by atomic mass is 79.9. The minimum absolute atomic E-state index is 0.608. The van der Waals surface area contributed by atoms with E-state index >= 15 is 0 Å². The summed E-state index contributed by atoms with van der Waals surface area (Å²) in [5.41, 5.74) is 4.97. The predicted molar refractivity (Wildman–Crippen MR) is 83.9 cm³/mol. The lowest BCUT2D eigenvalue weighted by atomic mass is 9.97. The molecule has 0 amide bonds. The van der Waals surface area contributed by atoms with Gasteiger partial charge in [-0.1, -0.05) is 45.7 Å². The summed E-state index contributed by atoms with van der Waals surface area (Å²) in [7, 11) is 0. The molecule has 1 nitrogen and oxygen atoms in total. The summed E-state index contributed by atoms with van der Waals surface area (Å²) >= 11 is 9.71. The zero-order valence-corrected chi connectivity index (χ0v) is 13.5. The molecule has 0 aliphatic heterocycles. The van der Waals surface area contributed by atoms with E-state index in [2.05, 4.69) is 15.9 Å². The zero-order chi connectivity index (χ0) is 14.2. The molecule has 0 bridgehead atoms. The topological polar surface area (TPSA) is 20.2 Å². The van der Waals surface area contributed by atoms with Crippen molar-refractivity contribution < 1.29 is 5.11 Å². The van der Waals surface area contributed by atoms with E-state index in [9.17, 15) is 5.11 Å². The summed E-state index contributed by atoms with van der Waals surface area (Å²) in [6.45, 7) is 6.04. The first kappa shape index (κ1) is 14.6. The maximum absolute atomic E-state index is 10.5.